The molecule has 2 aromatic rings. The second-order valence-corrected chi connectivity index (χ2v) is 7.15. The summed E-state index contributed by atoms with van der Waals surface area (Å²) >= 11 is 6.24. The summed E-state index contributed by atoms with van der Waals surface area (Å²) in [5.74, 6) is -0.538. The minimum Gasteiger partial charge on any atom is -0.478 e. The Morgan fingerprint density at radius 1 is 1.20 bits per heavy atom. The summed E-state index contributed by atoms with van der Waals surface area (Å²) in [4.78, 5) is 16.0. The van der Waals surface area contributed by atoms with Gasteiger partial charge < -0.3 is 15.2 Å². The van der Waals surface area contributed by atoms with E-state index < -0.39 is 5.97 Å². The Morgan fingerprint density at radius 3 is 2.64 bits per heavy atom. The molecule has 3 heterocycles. The van der Waals surface area contributed by atoms with Gasteiger partial charge in [-0.15, -0.1) is 0 Å². The maximum absolute atomic E-state index is 11.5. The number of hydrogen-bond donors (Lipinski definition) is 2. The van der Waals surface area contributed by atoms with Crippen LogP contribution in [0.3, 0.4) is 0 Å². The molecule has 0 amide bonds. The number of carboxylic acids is 1. The van der Waals surface area contributed by atoms with Crippen molar-refractivity contribution in [1.82, 2.24) is 10.3 Å². The summed E-state index contributed by atoms with van der Waals surface area (Å²) in [5, 5.41) is 13.5. The largest absolute Gasteiger partial charge is 0.478 e. The van der Waals surface area contributed by atoms with Crippen molar-refractivity contribution >= 4 is 17.6 Å². The first-order chi connectivity index (χ1) is 12.1. The summed E-state index contributed by atoms with van der Waals surface area (Å²) in [6.07, 6.45) is 4.44. The first kappa shape index (κ1) is 16.4. The lowest BCUT2D eigenvalue weighted by Gasteiger charge is -2.29. The van der Waals surface area contributed by atoms with Crippen LogP contribution in [-0.2, 0) is 0 Å². The quantitative estimate of drug-likeness (QED) is 0.870. The van der Waals surface area contributed by atoms with Crippen LogP contribution in [0.4, 0.5) is 0 Å². The van der Waals surface area contributed by atoms with Crippen molar-refractivity contribution < 1.29 is 14.6 Å². The molecule has 0 aliphatic carbocycles. The number of ether oxygens (including phenoxy) is 1. The van der Waals surface area contributed by atoms with Gasteiger partial charge in [-0.1, -0.05) is 29.8 Å². The molecule has 3 atom stereocenters. The van der Waals surface area contributed by atoms with Crippen molar-refractivity contribution in [2.75, 3.05) is 0 Å². The molecule has 25 heavy (non-hydrogen) atoms. The van der Waals surface area contributed by atoms with Crippen molar-refractivity contribution in [3.8, 4) is 17.1 Å². The number of nitrogens with one attached hydrogen (secondary N) is 1. The Hall–Kier alpha value is -2.11. The number of halogens is 1. The number of aromatic carboxylic acids is 1. The van der Waals surface area contributed by atoms with Gasteiger partial charge in [0.2, 0.25) is 5.88 Å². The molecule has 2 N–H and O–H groups in total. The van der Waals surface area contributed by atoms with Crippen LogP contribution in [-0.4, -0.2) is 34.2 Å². The van der Waals surface area contributed by atoms with Crippen LogP contribution in [0, 0.1) is 0 Å². The Kier molecular flexibility index (Phi) is 4.36. The van der Waals surface area contributed by atoms with Gasteiger partial charge in [-0.05, 0) is 37.8 Å². The van der Waals surface area contributed by atoms with Crippen LogP contribution in [0.1, 0.15) is 36.0 Å². The third-order valence-corrected chi connectivity index (χ3v) is 5.14. The highest BCUT2D eigenvalue weighted by molar-refractivity contribution is 6.31. The number of nitrogens with zero attached hydrogens (tertiary/aromatic N) is 1. The average molecular weight is 359 g/mol. The second-order valence-electron chi connectivity index (χ2n) is 6.71. The molecule has 1 unspecified atom stereocenters. The molecular formula is C19H19ClN2O3. The van der Waals surface area contributed by atoms with Crippen LogP contribution in [0.2, 0.25) is 5.02 Å². The first-order valence-corrected chi connectivity index (χ1v) is 8.89. The summed E-state index contributed by atoms with van der Waals surface area (Å²) < 4.78 is 6.10. The van der Waals surface area contributed by atoms with Gasteiger partial charge >= 0.3 is 5.97 Å². The van der Waals surface area contributed by atoms with E-state index in [1.165, 1.54) is 12.8 Å². The van der Waals surface area contributed by atoms with E-state index in [0.717, 1.165) is 12.8 Å². The second kappa shape index (κ2) is 6.65. The normalized spacial score (nSPS) is 24.9. The molecule has 6 heteroatoms. The molecule has 2 bridgehead atoms. The van der Waals surface area contributed by atoms with Gasteiger partial charge in [0, 0.05) is 28.7 Å². The lowest BCUT2D eigenvalue weighted by molar-refractivity contribution is 0.0697. The van der Waals surface area contributed by atoms with E-state index in [-0.39, 0.29) is 11.7 Å². The smallest absolute Gasteiger partial charge is 0.336 e. The zero-order chi connectivity index (χ0) is 17.4. The molecule has 1 aromatic carbocycles. The molecule has 2 fully saturated rings. The van der Waals surface area contributed by atoms with E-state index in [1.807, 2.05) is 0 Å². The number of rotatable bonds is 4. The van der Waals surface area contributed by atoms with Gasteiger partial charge in [0.05, 0.1) is 11.3 Å². The molecule has 4 rings (SSSR count). The van der Waals surface area contributed by atoms with Crippen LogP contribution in [0.5, 0.6) is 5.88 Å². The molecular weight excluding hydrogens is 340 g/mol. The highest BCUT2D eigenvalue weighted by atomic mass is 35.5. The Morgan fingerprint density at radius 2 is 1.92 bits per heavy atom. The fraction of sp³-hybridized carbons (Fsp3) is 0.368. The van der Waals surface area contributed by atoms with E-state index in [4.69, 9.17) is 16.3 Å². The molecule has 0 spiro atoms. The zero-order valence-electron chi connectivity index (χ0n) is 13.6. The average Bonchev–Trinajstić information content (AvgIpc) is 2.93. The predicted octanol–water partition coefficient (Wildman–Crippen LogP) is 3.76. The van der Waals surface area contributed by atoms with Crippen molar-refractivity contribution in [2.24, 2.45) is 0 Å². The number of carbonyl (C=O) groups is 1. The van der Waals surface area contributed by atoms with Crippen molar-refractivity contribution in [3.05, 3.63) is 47.0 Å². The molecule has 1 aromatic heterocycles. The molecule has 2 aliphatic heterocycles. The van der Waals surface area contributed by atoms with Gasteiger partial charge in [0.1, 0.15) is 6.10 Å². The summed E-state index contributed by atoms with van der Waals surface area (Å²) in [7, 11) is 0. The Balaban J connectivity index is 1.62. The number of carboxylic acid groups (broad SMARTS) is 1. The van der Waals surface area contributed by atoms with Crippen molar-refractivity contribution in [1.29, 1.82) is 0 Å². The molecule has 130 valence electrons. The number of aromatic nitrogens is 1. The predicted molar refractivity (Wildman–Crippen MR) is 95.2 cm³/mol. The minimum atomic E-state index is -0.991. The summed E-state index contributed by atoms with van der Waals surface area (Å²) in [6, 6.07) is 11.2. The standard InChI is InChI=1S/C19H19ClN2O3/c20-11-7-17(15-3-1-2-4-16(15)19(23)24)22-18(8-11)25-14-9-12-5-6-13(10-14)21-12/h1-4,7-8,12-14,21H,5-6,9-10H2,(H,23,24)/t12-,13+,14?. The molecule has 5 nitrogen and oxygen atoms in total. The monoisotopic (exact) mass is 358 g/mol. The third kappa shape index (κ3) is 3.48. The van der Waals surface area contributed by atoms with Crippen LogP contribution >= 0.6 is 11.6 Å². The highest BCUT2D eigenvalue weighted by Gasteiger charge is 2.34. The van der Waals surface area contributed by atoms with Gasteiger partial charge in [-0.2, -0.15) is 0 Å². The Bertz CT molecular complexity index is 799. The fourth-order valence-electron chi connectivity index (χ4n) is 3.84. The lowest BCUT2D eigenvalue weighted by Crippen LogP contribution is -2.42. The molecule has 0 saturated carbocycles. The van der Waals surface area contributed by atoms with E-state index in [2.05, 4.69) is 10.3 Å². The van der Waals surface area contributed by atoms with Crippen LogP contribution < -0.4 is 10.1 Å². The highest BCUT2D eigenvalue weighted by Crippen LogP contribution is 2.32. The number of hydrogen-bond acceptors (Lipinski definition) is 4. The van der Waals surface area contributed by atoms with Gasteiger partial charge in [0.25, 0.3) is 0 Å². The van der Waals surface area contributed by atoms with Crippen LogP contribution in [0.15, 0.2) is 36.4 Å². The van der Waals surface area contributed by atoms with Gasteiger partial charge in [0.15, 0.2) is 0 Å². The Labute approximate surface area is 151 Å². The summed E-state index contributed by atoms with van der Waals surface area (Å²) in [6.45, 7) is 0. The van der Waals surface area contributed by atoms with E-state index >= 15 is 0 Å². The SMILES string of the molecule is O=C(O)c1ccccc1-c1cc(Cl)cc(OC2C[C@H]3CC[C@@H](C2)N3)n1. The third-order valence-electron chi connectivity index (χ3n) is 4.92. The minimum absolute atomic E-state index is 0.118. The number of benzene rings is 1. The number of fused-ring (bicyclic) bond motifs is 2. The molecule has 2 saturated heterocycles. The fourth-order valence-corrected chi connectivity index (χ4v) is 4.03. The van der Waals surface area contributed by atoms with E-state index in [1.54, 1.807) is 36.4 Å². The van der Waals surface area contributed by atoms with Gasteiger partial charge in [-0.3, -0.25) is 0 Å². The lowest BCUT2D eigenvalue weighted by atomic mass is 10.0. The number of piperidine rings is 1. The topological polar surface area (TPSA) is 71.5 Å². The zero-order valence-corrected chi connectivity index (χ0v) is 14.4. The van der Waals surface area contributed by atoms with E-state index in [9.17, 15) is 9.90 Å². The van der Waals surface area contributed by atoms with Crippen molar-refractivity contribution in [2.45, 2.75) is 43.9 Å². The molecule has 2 aliphatic rings. The van der Waals surface area contributed by atoms with Crippen LogP contribution in [0.25, 0.3) is 11.3 Å². The van der Waals surface area contributed by atoms with E-state index in [0.29, 0.717) is 34.2 Å². The van der Waals surface area contributed by atoms with Gasteiger partial charge in [-0.25, -0.2) is 9.78 Å². The van der Waals surface area contributed by atoms with Crippen molar-refractivity contribution in [3.63, 3.8) is 0 Å². The summed E-state index contributed by atoms with van der Waals surface area (Å²) in [5.41, 5.74) is 1.24. The number of pyridine rings is 1. The maximum Gasteiger partial charge on any atom is 0.336 e. The first-order valence-electron chi connectivity index (χ1n) is 8.51. The molecule has 0 radical (unpaired) electrons. The maximum atomic E-state index is 11.5.